The van der Waals surface area contributed by atoms with E-state index >= 15 is 0 Å². The number of hydrogen-bond acceptors (Lipinski definition) is 7. The van der Waals surface area contributed by atoms with Gasteiger partial charge in [0.15, 0.2) is 0 Å². The fourth-order valence-corrected chi connectivity index (χ4v) is 1.41. The summed E-state index contributed by atoms with van der Waals surface area (Å²) in [6.45, 7) is 1.67. The first kappa shape index (κ1) is 12.2. The summed E-state index contributed by atoms with van der Waals surface area (Å²) in [7, 11) is 0. The number of hydrazine groups is 1. The molecule has 2 heterocycles. The Bertz CT molecular complexity index is 592. The Kier molecular flexibility index (Phi) is 3.08. The standard InChI is InChI=1S/C8H8ClN7O2/c1-4-5(9)3-15(14-4)7-6(16(17)18)2-11-8(12-7)13-10/h2-3H,10H2,1H3,(H,11,12,13). The molecule has 0 aliphatic carbocycles. The van der Waals surface area contributed by atoms with E-state index in [9.17, 15) is 10.1 Å². The molecule has 0 fully saturated rings. The lowest BCUT2D eigenvalue weighted by Gasteiger charge is -2.03. The fraction of sp³-hybridized carbons (Fsp3) is 0.125. The number of anilines is 1. The number of hydrogen-bond donors (Lipinski definition) is 2. The van der Waals surface area contributed by atoms with Gasteiger partial charge in [0.1, 0.15) is 6.20 Å². The van der Waals surface area contributed by atoms with Gasteiger partial charge in [0.05, 0.1) is 21.8 Å². The number of aromatic nitrogens is 4. The molecule has 0 aliphatic heterocycles. The van der Waals surface area contributed by atoms with Crippen molar-refractivity contribution in [3.63, 3.8) is 0 Å². The summed E-state index contributed by atoms with van der Waals surface area (Å²) in [4.78, 5) is 17.8. The molecule has 9 nitrogen and oxygen atoms in total. The van der Waals surface area contributed by atoms with Gasteiger partial charge in [0.25, 0.3) is 0 Å². The van der Waals surface area contributed by atoms with Gasteiger partial charge in [-0.25, -0.2) is 15.5 Å². The van der Waals surface area contributed by atoms with E-state index in [0.29, 0.717) is 10.7 Å². The van der Waals surface area contributed by atoms with Crippen LogP contribution >= 0.6 is 11.6 Å². The van der Waals surface area contributed by atoms with Crippen LogP contribution in [0.1, 0.15) is 5.69 Å². The molecule has 2 rings (SSSR count). The second-order valence-electron chi connectivity index (χ2n) is 3.31. The van der Waals surface area contributed by atoms with Gasteiger partial charge in [0, 0.05) is 0 Å². The van der Waals surface area contributed by atoms with Gasteiger partial charge in [-0.15, -0.1) is 0 Å². The van der Waals surface area contributed by atoms with Crippen molar-refractivity contribution in [3.05, 3.63) is 33.2 Å². The molecule has 0 atom stereocenters. The van der Waals surface area contributed by atoms with Crippen LogP contribution in [-0.4, -0.2) is 24.7 Å². The van der Waals surface area contributed by atoms with E-state index < -0.39 is 4.92 Å². The lowest BCUT2D eigenvalue weighted by molar-refractivity contribution is -0.385. The normalized spacial score (nSPS) is 10.4. The van der Waals surface area contributed by atoms with Crippen LogP contribution in [0.5, 0.6) is 0 Å². The molecule has 0 saturated carbocycles. The van der Waals surface area contributed by atoms with E-state index in [4.69, 9.17) is 17.4 Å². The molecular weight excluding hydrogens is 262 g/mol. The summed E-state index contributed by atoms with van der Waals surface area (Å²) in [6.07, 6.45) is 2.47. The van der Waals surface area contributed by atoms with E-state index in [-0.39, 0.29) is 17.5 Å². The first-order valence-corrected chi connectivity index (χ1v) is 5.11. The predicted octanol–water partition coefficient (Wildman–Crippen LogP) is 0.818. The number of nitrogens with two attached hydrogens (primary N) is 1. The van der Waals surface area contributed by atoms with Crippen LogP contribution in [0, 0.1) is 17.0 Å². The van der Waals surface area contributed by atoms with Crippen molar-refractivity contribution >= 4 is 23.2 Å². The highest BCUT2D eigenvalue weighted by Gasteiger charge is 2.20. The molecule has 0 bridgehead atoms. The zero-order chi connectivity index (χ0) is 13.3. The third-order valence-electron chi connectivity index (χ3n) is 2.13. The molecule has 3 N–H and O–H groups in total. The molecule has 0 spiro atoms. The van der Waals surface area contributed by atoms with Crippen molar-refractivity contribution < 1.29 is 4.92 Å². The number of nitrogens with one attached hydrogen (secondary N) is 1. The van der Waals surface area contributed by atoms with Crippen molar-refractivity contribution in [2.24, 2.45) is 5.84 Å². The lowest BCUT2D eigenvalue weighted by atomic mass is 10.5. The third kappa shape index (κ3) is 2.08. The minimum absolute atomic E-state index is 0.0158. The van der Waals surface area contributed by atoms with Gasteiger partial charge in [-0.3, -0.25) is 15.5 Å². The smallest absolute Gasteiger partial charge is 0.292 e. The largest absolute Gasteiger partial charge is 0.332 e. The SMILES string of the molecule is Cc1nn(-c2nc(NN)ncc2[N+](=O)[O-])cc1Cl. The zero-order valence-corrected chi connectivity index (χ0v) is 9.92. The second kappa shape index (κ2) is 4.55. The fourth-order valence-electron chi connectivity index (χ4n) is 1.28. The summed E-state index contributed by atoms with van der Waals surface area (Å²) >= 11 is 5.85. The monoisotopic (exact) mass is 269 g/mol. The third-order valence-corrected chi connectivity index (χ3v) is 2.50. The number of halogens is 1. The molecule has 18 heavy (non-hydrogen) atoms. The van der Waals surface area contributed by atoms with E-state index in [2.05, 4.69) is 20.5 Å². The van der Waals surface area contributed by atoms with Gasteiger partial charge in [-0.2, -0.15) is 10.1 Å². The number of nitrogens with zero attached hydrogens (tertiary/aromatic N) is 5. The second-order valence-corrected chi connectivity index (χ2v) is 3.72. The highest BCUT2D eigenvalue weighted by molar-refractivity contribution is 6.31. The number of nitrogen functional groups attached to an aromatic ring is 1. The van der Waals surface area contributed by atoms with Gasteiger partial charge in [-0.1, -0.05) is 11.6 Å². The van der Waals surface area contributed by atoms with Crippen LogP contribution in [0.2, 0.25) is 5.02 Å². The first-order chi connectivity index (χ1) is 8.52. The van der Waals surface area contributed by atoms with Crippen LogP contribution in [0.3, 0.4) is 0 Å². The maximum absolute atomic E-state index is 10.9. The van der Waals surface area contributed by atoms with Crippen LogP contribution < -0.4 is 11.3 Å². The Morgan fingerprint density at radius 3 is 2.83 bits per heavy atom. The molecule has 0 aliphatic rings. The maximum atomic E-state index is 10.9. The first-order valence-electron chi connectivity index (χ1n) is 4.73. The highest BCUT2D eigenvalue weighted by Crippen LogP contribution is 2.22. The van der Waals surface area contributed by atoms with Gasteiger partial charge in [-0.05, 0) is 6.92 Å². The van der Waals surface area contributed by atoms with E-state index in [1.54, 1.807) is 6.92 Å². The average Bonchev–Trinajstić information content (AvgIpc) is 2.68. The topological polar surface area (TPSA) is 125 Å². The molecule has 2 aromatic heterocycles. The average molecular weight is 270 g/mol. The van der Waals surface area contributed by atoms with Crippen molar-refractivity contribution in [2.45, 2.75) is 6.92 Å². The molecule has 0 saturated heterocycles. The molecule has 10 heteroatoms. The Balaban J connectivity index is 2.63. The summed E-state index contributed by atoms with van der Waals surface area (Å²) in [5.74, 6) is 5.18. The van der Waals surface area contributed by atoms with Gasteiger partial charge < -0.3 is 0 Å². The van der Waals surface area contributed by atoms with Crippen LogP contribution in [0.4, 0.5) is 11.6 Å². The number of aryl methyl sites for hydroxylation is 1. The van der Waals surface area contributed by atoms with Crippen LogP contribution in [0.25, 0.3) is 5.82 Å². The molecule has 0 amide bonds. The highest BCUT2D eigenvalue weighted by atomic mass is 35.5. The Labute approximate surface area is 106 Å². The van der Waals surface area contributed by atoms with Crippen molar-refractivity contribution in [1.82, 2.24) is 19.7 Å². The molecule has 0 unspecified atom stereocenters. The Hall–Kier alpha value is -2.26. The molecule has 0 radical (unpaired) electrons. The van der Waals surface area contributed by atoms with Gasteiger partial charge >= 0.3 is 5.69 Å². The van der Waals surface area contributed by atoms with E-state index in [1.807, 2.05) is 0 Å². The number of nitro groups is 1. The van der Waals surface area contributed by atoms with Gasteiger partial charge in [0.2, 0.25) is 11.8 Å². The summed E-state index contributed by atoms with van der Waals surface area (Å²) < 4.78 is 1.21. The molecular formula is C8H8ClN7O2. The summed E-state index contributed by atoms with van der Waals surface area (Å²) in [6, 6.07) is 0. The zero-order valence-electron chi connectivity index (χ0n) is 9.16. The van der Waals surface area contributed by atoms with Crippen LogP contribution in [-0.2, 0) is 0 Å². The maximum Gasteiger partial charge on any atom is 0.332 e. The van der Waals surface area contributed by atoms with Crippen LogP contribution in [0.15, 0.2) is 12.4 Å². The summed E-state index contributed by atoms with van der Waals surface area (Å²) in [5, 5.41) is 15.3. The minimum Gasteiger partial charge on any atom is -0.292 e. The minimum atomic E-state index is -0.611. The molecule has 0 aromatic carbocycles. The number of rotatable bonds is 3. The predicted molar refractivity (Wildman–Crippen MR) is 63.4 cm³/mol. The van der Waals surface area contributed by atoms with E-state index in [0.717, 1.165) is 6.20 Å². The van der Waals surface area contributed by atoms with E-state index in [1.165, 1.54) is 10.9 Å². The summed E-state index contributed by atoms with van der Waals surface area (Å²) in [5.41, 5.74) is 2.44. The quantitative estimate of drug-likeness (QED) is 0.480. The molecule has 2 aromatic rings. The molecule has 94 valence electrons. The van der Waals surface area contributed by atoms with Crippen molar-refractivity contribution in [2.75, 3.05) is 5.43 Å². The Morgan fingerprint density at radius 2 is 2.33 bits per heavy atom. The van der Waals surface area contributed by atoms with Crippen molar-refractivity contribution in [3.8, 4) is 5.82 Å². The Morgan fingerprint density at radius 1 is 1.61 bits per heavy atom. The van der Waals surface area contributed by atoms with Crippen molar-refractivity contribution in [1.29, 1.82) is 0 Å². The lowest BCUT2D eigenvalue weighted by Crippen LogP contribution is -2.13.